The fourth-order valence-corrected chi connectivity index (χ4v) is 3.17. The van der Waals surface area contributed by atoms with Crippen LogP contribution in [0.5, 0.6) is 0 Å². The first-order valence-electron chi connectivity index (χ1n) is 5.92. The second kappa shape index (κ2) is 5.68. The van der Waals surface area contributed by atoms with Gasteiger partial charge in [-0.25, -0.2) is 13.1 Å². The Labute approximate surface area is 106 Å². The van der Waals surface area contributed by atoms with Crippen LogP contribution in [0.3, 0.4) is 0 Å². The molecule has 1 aliphatic heterocycles. The lowest BCUT2D eigenvalue weighted by molar-refractivity contribution is 0.127. The van der Waals surface area contributed by atoms with E-state index in [1.54, 1.807) is 10.9 Å². The molecule has 0 amide bonds. The minimum atomic E-state index is -3.28. The molecule has 8 heteroatoms. The van der Waals surface area contributed by atoms with Gasteiger partial charge in [-0.3, -0.25) is 4.68 Å². The highest BCUT2D eigenvalue weighted by molar-refractivity contribution is 7.89. The molecule has 2 rings (SSSR count). The summed E-state index contributed by atoms with van der Waals surface area (Å²) in [5.74, 6) is 0.0360. The van der Waals surface area contributed by atoms with E-state index in [0.29, 0.717) is 25.4 Å². The molecule has 7 nitrogen and oxygen atoms in total. The number of nitrogen functional groups attached to an aromatic ring is 1. The summed E-state index contributed by atoms with van der Waals surface area (Å²) in [4.78, 5) is 0. The van der Waals surface area contributed by atoms with E-state index in [0.717, 1.165) is 12.8 Å². The van der Waals surface area contributed by atoms with Crippen molar-refractivity contribution in [2.75, 3.05) is 24.6 Å². The van der Waals surface area contributed by atoms with Gasteiger partial charge in [-0.2, -0.15) is 5.10 Å². The lowest BCUT2D eigenvalue weighted by atomic mass is 10.3. The predicted molar refractivity (Wildman–Crippen MR) is 67.4 cm³/mol. The third kappa shape index (κ3) is 3.97. The lowest BCUT2D eigenvalue weighted by Crippen LogP contribution is -2.34. The van der Waals surface area contributed by atoms with Gasteiger partial charge in [-0.05, 0) is 12.8 Å². The van der Waals surface area contributed by atoms with E-state index in [-0.39, 0.29) is 11.9 Å². The molecular weight excluding hydrogens is 256 g/mol. The van der Waals surface area contributed by atoms with Gasteiger partial charge in [0.05, 0.1) is 30.3 Å². The fraction of sp³-hybridized carbons (Fsp3) is 0.700. The van der Waals surface area contributed by atoms with E-state index in [1.807, 2.05) is 0 Å². The molecule has 1 fully saturated rings. The van der Waals surface area contributed by atoms with E-state index < -0.39 is 10.0 Å². The van der Waals surface area contributed by atoms with Crippen molar-refractivity contribution in [2.45, 2.75) is 25.5 Å². The number of ether oxygens (including phenoxy) is 1. The van der Waals surface area contributed by atoms with Gasteiger partial charge in [-0.15, -0.1) is 0 Å². The Morgan fingerprint density at radius 2 is 2.44 bits per heavy atom. The maximum Gasteiger partial charge on any atom is 0.214 e. The Morgan fingerprint density at radius 1 is 1.61 bits per heavy atom. The maximum absolute atomic E-state index is 11.7. The van der Waals surface area contributed by atoms with Crippen molar-refractivity contribution < 1.29 is 13.2 Å². The van der Waals surface area contributed by atoms with Gasteiger partial charge < -0.3 is 10.5 Å². The molecule has 1 atom stereocenters. The summed E-state index contributed by atoms with van der Waals surface area (Å²) in [7, 11) is -3.28. The van der Waals surface area contributed by atoms with Crippen LogP contribution in [-0.4, -0.2) is 43.2 Å². The van der Waals surface area contributed by atoms with Crippen LogP contribution in [0.4, 0.5) is 5.69 Å². The van der Waals surface area contributed by atoms with Gasteiger partial charge in [-0.1, -0.05) is 0 Å². The van der Waals surface area contributed by atoms with E-state index >= 15 is 0 Å². The largest absolute Gasteiger partial charge is 0.396 e. The van der Waals surface area contributed by atoms with E-state index in [9.17, 15) is 8.42 Å². The van der Waals surface area contributed by atoms with Crippen LogP contribution in [0.15, 0.2) is 12.4 Å². The van der Waals surface area contributed by atoms with Gasteiger partial charge in [0.1, 0.15) is 0 Å². The topological polar surface area (TPSA) is 99.2 Å². The summed E-state index contributed by atoms with van der Waals surface area (Å²) in [5, 5.41) is 3.97. The highest BCUT2D eigenvalue weighted by Gasteiger charge is 2.22. The Balaban J connectivity index is 1.74. The smallest absolute Gasteiger partial charge is 0.214 e. The zero-order valence-corrected chi connectivity index (χ0v) is 10.9. The summed E-state index contributed by atoms with van der Waals surface area (Å²) in [5.41, 5.74) is 6.07. The Bertz CT molecular complexity index is 479. The number of sulfonamides is 1. The molecule has 1 saturated heterocycles. The predicted octanol–water partition coefficient (Wildman–Crippen LogP) is -0.436. The average molecular weight is 274 g/mol. The van der Waals surface area contributed by atoms with E-state index in [1.165, 1.54) is 6.20 Å². The molecule has 2 heterocycles. The van der Waals surface area contributed by atoms with Crippen LogP contribution in [0.2, 0.25) is 0 Å². The second-order valence-electron chi connectivity index (χ2n) is 4.35. The monoisotopic (exact) mass is 274 g/mol. The maximum atomic E-state index is 11.7. The summed E-state index contributed by atoms with van der Waals surface area (Å²) >= 11 is 0. The zero-order chi connectivity index (χ0) is 13.0. The average Bonchev–Trinajstić information content (AvgIpc) is 2.89. The summed E-state index contributed by atoms with van der Waals surface area (Å²) in [6.45, 7) is 1.42. The van der Waals surface area contributed by atoms with Gasteiger partial charge in [0.15, 0.2) is 0 Å². The Morgan fingerprint density at radius 3 is 3.06 bits per heavy atom. The molecule has 1 aliphatic rings. The first-order valence-corrected chi connectivity index (χ1v) is 7.57. The first-order chi connectivity index (χ1) is 8.55. The molecule has 18 heavy (non-hydrogen) atoms. The highest BCUT2D eigenvalue weighted by Crippen LogP contribution is 2.13. The molecule has 1 aromatic heterocycles. The molecule has 0 aliphatic carbocycles. The van der Waals surface area contributed by atoms with Crippen molar-refractivity contribution in [2.24, 2.45) is 0 Å². The number of hydrogen-bond acceptors (Lipinski definition) is 5. The van der Waals surface area contributed by atoms with Crippen molar-refractivity contribution in [3.63, 3.8) is 0 Å². The molecule has 0 spiro atoms. The number of aromatic nitrogens is 2. The molecule has 0 radical (unpaired) electrons. The third-order valence-electron chi connectivity index (χ3n) is 2.75. The summed E-state index contributed by atoms with van der Waals surface area (Å²) in [6, 6.07) is 0. The third-order valence-corrected chi connectivity index (χ3v) is 4.20. The van der Waals surface area contributed by atoms with Crippen molar-refractivity contribution >= 4 is 15.7 Å². The van der Waals surface area contributed by atoms with Crippen molar-refractivity contribution in [3.8, 4) is 0 Å². The lowest BCUT2D eigenvalue weighted by Gasteiger charge is -2.11. The molecule has 3 N–H and O–H groups in total. The van der Waals surface area contributed by atoms with Crippen LogP contribution in [0.1, 0.15) is 12.8 Å². The highest BCUT2D eigenvalue weighted by atomic mass is 32.2. The van der Waals surface area contributed by atoms with Crippen LogP contribution >= 0.6 is 0 Å². The molecule has 102 valence electrons. The van der Waals surface area contributed by atoms with Crippen LogP contribution in [0, 0.1) is 0 Å². The molecule has 1 unspecified atom stereocenters. The molecule has 0 bridgehead atoms. The number of nitrogens with one attached hydrogen (secondary N) is 1. The molecule has 0 saturated carbocycles. The van der Waals surface area contributed by atoms with Gasteiger partial charge in [0.2, 0.25) is 10.0 Å². The van der Waals surface area contributed by atoms with E-state index in [4.69, 9.17) is 10.5 Å². The van der Waals surface area contributed by atoms with Gasteiger partial charge in [0, 0.05) is 19.3 Å². The van der Waals surface area contributed by atoms with Crippen molar-refractivity contribution in [1.29, 1.82) is 0 Å². The number of hydrogen-bond donors (Lipinski definition) is 2. The van der Waals surface area contributed by atoms with Gasteiger partial charge >= 0.3 is 0 Å². The minimum Gasteiger partial charge on any atom is -0.396 e. The van der Waals surface area contributed by atoms with Crippen LogP contribution in [0.25, 0.3) is 0 Å². The minimum absolute atomic E-state index is 0.0360. The first kappa shape index (κ1) is 13.3. The number of anilines is 1. The summed E-state index contributed by atoms with van der Waals surface area (Å²) in [6.07, 6.45) is 4.78. The number of nitrogens with two attached hydrogens (primary N) is 1. The zero-order valence-electron chi connectivity index (χ0n) is 10.1. The van der Waals surface area contributed by atoms with Crippen LogP contribution in [-0.2, 0) is 21.3 Å². The molecule has 1 aromatic rings. The Hall–Kier alpha value is -1.12. The Kier molecular flexibility index (Phi) is 4.20. The number of rotatable bonds is 6. The molecular formula is C10H18N4O3S. The fourth-order valence-electron chi connectivity index (χ4n) is 1.90. The molecule has 0 aromatic carbocycles. The SMILES string of the molecule is Nc1cnn(CCNS(=O)(=O)CC2CCCO2)c1. The standard InChI is InChI=1S/C10H18N4O3S/c11-9-6-12-14(7-9)4-3-13-18(15,16)8-10-2-1-5-17-10/h6-7,10,13H,1-5,8,11H2. The normalized spacial score (nSPS) is 20.3. The number of nitrogens with zero attached hydrogens (tertiary/aromatic N) is 2. The summed E-state index contributed by atoms with van der Waals surface area (Å²) < 4.78 is 32.9. The van der Waals surface area contributed by atoms with E-state index in [2.05, 4.69) is 9.82 Å². The van der Waals surface area contributed by atoms with Crippen molar-refractivity contribution in [3.05, 3.63) is 12.4 Å². The van der Waals surface area contributed by atoms with Crippen molar-refractivity contribution in [1.82, 2.24) is 14.5 Å². The quantitative estimate of drug-likeness (QED) is 0.733. The van der Waals surface area contributed by atoms with Gasteiger partial charge in [0.25, 0.3) is 0 Å². The second-order valence-corrected chi connectivity index (χ2v) is 6.20. The van der Waals surface area contributed by atoms with Crippen LogP contribution < -0.4 is 10.5 Å².